The van der Waals surface area contributed by atoms with E-state index in [1.165, 1.54) is 5.48 Å². The molecule has 7 nitrogen and oxygen atoms in total. The van der Waals surface area contributed by atoms with Gasteiger partial charge in [-0.1, -0.05) is 53.5 Å². The zero-order valence-electron chi connectivity index (χ0n) is 15.2. The molecule has 0 spiro atoms. The zero-order chi connectivity index (χ0) is 20.8. The molecule has 1 aromatic heterocycles. The lowest BCUT2D eigenvalue weighted by molar-refractivity contribution is -0.129. The number of hydrogen-bond donors (Lipinski definition) is 4. The van der Waals surface area contributed by atoms with Crippen LogP contribution in [0.4, 0.5) is 0 Å². The molecule has 0 aliphatic rings. The first-order valence-corrected chi connectivity index (χ1v) is 9.47. The maximum Gasteiger partial charge on any atom is 0.257 e. The number of pyridine rings is 1. The van der Waals surface area contributed by atoms with Crippen molar-refractivity contribution in [3.05, 3.63) is 75.9 Å². The van der Waals surface area contributed by atoms with Crippen molar-refractivity contribution in [1.82, 2.24) is 21.1 Å². The molecule has 0 aliphatic heterocycles. The number of halogens is 2. The van der Waals surface area contributed by atoms with Crippen molar-refractivity contribution in [2.75, 3.05) is 6.54 Å². The largest absolute Gasteiger partial charge is 0.350 e. The number of carbonyl (C=O) groups is 2. The van der Waals surface area contributed by atoms with Crippen molar-refractivity contribution in [2.45, 2.75) is 12.6 Å². The second-order valence-corrected chi connectivity index (χ2v) is 7.06. The highest BCUT2D eigenvalue weighted by Crippen LogP contribution is 2.23. The number of benzene rings is 2. The lowest BCUT2D eigenvalue weighted by Gasteiger charge is -2.18. The fraction of sp³-hybridized carbons (Fsp3) is 0.150. The number of para-hydroxylation sites is 1. The lowest BCUT2D eigenvalue weighted by Crippen LogP contribution is -2.42. The minimum absolute atomic E-state index is 0.216. The second-order valence-electron chi connectivity index (χ2n) is 6.24. The molecule has 0 fully saturated rings. The molecule has 1 atom stereocenters. The van der Waals surface area contributed by atoms with Gasteiger partial charge in [-0.2, -0.15) is 0 Å². The van der Waals surface area contributed by atoms with E-state index in [0.29, 0.717) is 15.7 Å². The van der Waals surface area contributed by atoms with Gasteiger partial charge in [0.15, 0.2) is 0 Å². The Morgan fingerprint density at radius 3 is 2.59 bits per heavy atom. The summed E-state index contributed by atoms with van der Waals surface area (Å²) in [5, 5.41) is 16.1. The average Bonchev–Trinajstić information content (AvgIpc) is 2.74. The number of nitrogens with one attached hydrogen (secondary N) is 3. The lowest BCUT2D eigenvalue weighted by atomic mass is 10.1. The first kappa shape index (κ1) is 21.0. The van der Waals surface area contributed by atoms with Gasteiger partial charge in [0.05, 0.1) is 27.8 Å². The van der Waals surface area contributed by atoms with Gasteiger partial charge in [0.1, 0.15) is 6.04 Å². The van der Waals surface area contributed by atoms with Gasteiger partial charge in [0, 0.05) is 11.9 Å². The Morgan fingerprint density at radius 1 is 1.03 bits per heavy atom. The van der Waals surface area contributed by atoms with E-state index in [1.54, 1.807) is 24.3 Å². The van der Waals surface area contributed by atoms with E-state index in [-0.39, 0.29) is 19.0 Å². The normalized spacial score (nSPS) is 11.8. The van der Waals surface area contributed by atoms with Crippen LogP contribution in [-0.2, 0) is 16.1 Å². The van der Waals surface area contributed by atoms with Crippen LogP contribution in [0.3, 0.4) is 0 Å². The highest BCUT2D eigenvalue weighted by Gasteiger charge is 2.22. The monoisotopic (exact) mass is 432 g/mol. The second kappa shape index (κ2) is 9.67. The van der Waals surface area contributed by atoms with Crippen LogP contribution in [0, 0.1) is 0 Å². The van der Waals surface area contributed by atoms with E-state index in [2.05, 4.69) is 15.6 Å². The Labute approximate surface area is 177 Å². The molecule has 2 amide bonds. The molecule has 1 unspecified atom stereocenters. The third kappa shape index (κ3) is 5.42. The van der Waals surface area contributed by atoms with E-state index in [9.17, 15) is 9.59 Å². The number of hydrogen-bond acceptors (Lipinski definition) is 5. The summed E-state index contributed by atoms with van der Waals surface area (Å²) in [7, 11) is 0. The molecule has 9 heteroatoms. The van der Waals surface area contributed by atoms with Gasteiger partial charge in [-0.25, -0.2) is 5.48 Å². The summed E-state index contributed by atoms with van der Waals surface area (Å²) in [6.45, 7) is -0.0520. The molecular weight excluding hydrogens is 415 g/mol. The van der Waals surface area contributed by atoms with Crippen molar-refractivity contribution in [2.24, 2.45) is 0 Å². The summed E-state index contributed by atoms with van der Waals surface area (Å²) in [5.41, 5.74) is 3.47. The van der Waals surface area contributed by atoms with Crippen LogP contribution in [-0.4, -0.2) is 28.6 Å². The Kier molecular flexibility index (Phi) is 7.00. The summed E-state index contributed by atoms with van der Waals surface area (Å²) in [6, 6.07) is 15.2. The average molecular weight is 433 g/mol. The molecule has 2 aromatic carbocycles. The molecule has 0 radical (unpaired) electrons. The molecule has 4 N–H and O–H groups in total. The summed E-state index contributed by atoms with van der Waals surface area (Å²) in [4.78, 5) is 28.8. The highest BCUT2D eigenvalue weighted by molar-refractivity contribution is 6.42. The summed E-state index contributed by atoms with van der Waals surface area (Å²) in [5.74, 6) is -1.06. The van der Waals surface area contributed by atoms with Crippen LogP contribution in [0.25, 0.3) is 10.9 Å². The van der Waals surface area contributed by atoms with Gasteiger partial charge in [0.25, 0.3) is 5.91 Å². The number of fused-ring (bicyclic) bond motifs is 1. The number of amides is 2. The molecule has 0 saturated carbocycles. The number of hydroxylamine groups is 1. The van der Waals surface area contributed by atoms with Crippen molar-refractivity contribution >= 4 is 45.9 Å². The van der Waals surface area contributed by atoms with Gasteiger partial charge in [0.2, 0.25) is 5.91 Å². The fourth-order valence-corrected chi connectivity index (χ4v) is 3.07. The minimum atomic E-state index is -0.903. The van der Waals surface area contributed by atoms with E-state index in [1.807, 2.05) is 30.3 Å². The minimum Gasteiger partial charge on any atom is -0.350 e. The van der Waals surface area contributed by atoms with E-state index in [4.69, 9.17) is 28.4 Å². The molecule has 150 valence electrons. The number of aromatic nitrogens is 1. The van der Waals surface area contributed by atoms with Crippen LogP contribution in [0.2, 0.25) is 10.0 Å². The summed E-state index contributed by atoms with van der Waals surface area (Å²) in [6.07, 6.45) is 0. The van der Waals surface area contributed by atoms with Crippen molar-refractivity contribution in [3.63, 3.8) is 0 Å². The maximum absolute atomic E-state index is 12.8. The predicted molar refractivity (Wildman–Crippen MR) is 111 cm³/mol. The molecule has 1 heterocycles. The first-order chi connectivity index (χ1) is 14.0. The molecule has 0 bridgehead atoms. The standard InChI is InChI=1S/C20H18Cl2N4O3/c21-14-7-5-12(9-15(14)22)10-24-20(28)19(23-11-18(27)26-29)17-8-6-13-3-1-2-4-16(13)25-17/h1-9,19,23,29H,10-11H2,(H,24,28)(H,26,27). The fourth-order valence-electron chi connectivity index (χ4n) is 2.75. The summed E-state index contributed by atoms with van der Waals surface area (Å²) >= 11 is 11.9. The molecule has 3 aromatic rings. The Bertz CT molecular complexity index is 1050. The van der Waals surface area contributed by atoms with E-state index in [0.717, 1.165) is 16.5 Å². The van der Waals surface area contributed by atoms with Crippen LogP contribution in [0.15, 0.2) is 54.6 Å². The van der Waals surface area contributed by atoms with Crippen LogP contribution in [0.5, 0.6) is 0 Å². The third-order valence-electron chi connectivity index (χ3n) is 4.22. The zero-order valence-corrected chi connectivity index (χ0v) is 16.7. The molecule has 29 heavy (non-hydrogen) atoms. The molecule has 0 saturated heterocycles. The first-order valence-electron chi connectivity index (χ1n) is 8.71. The predicted octanol–water partition coefficient (Wildman–Crippen LogP) is 2.99. The van der Waals surface area contributed by atoms with E-state index < -0.39 is 11.9 Å². The Morgan fingerprint density at radius 2 is 1.83 bits per heavy atom. The van der Waals surface area contributed by atoms with Gasteiger partial charge < -0.3 is 5.32 Å². The van der Waals surface area contributed by atoms with Crippen LogP contribution < -0.4 is 16.1 Å². The number of nitrogens with zero attached hydrogens (tertiary/aromatic N) is 1. The Balaban J connectivity index is 1.80. The molecular formula is C20H18Cl2N4O3. The van der Waals surface area contributed by atoms with Gasteiger partial charge in [-0.15, -0.1) is 0 Å². The maximum atomic E-state index is 12.8. The topological polar surface area (TPSA) is 103 Å². The SMILES string of the molecule is O=C(CNC(C(=O)NCc1ccc(Cl)c(Cl)c1)c1ccc2ccccc2n1)NO. The van der Waals surface area contributed by atoms with Gasteiger partial charge >= 0.3 is 0 Å². The molecule has 3 rings (SSSR count). The Hall–Kier alpha value is -2.71. The van der Waals surface area contributed by atoms with Crippen LogP contribution >= 0.6 is 23.2 Å². The van der Waals surface area contributed by atoms with Gasteiger partial charge in [-0.3, -0.25) is 25.1 Å². The van der Waals surface area contributed by atoms with E-state index >= 15 is 0 Å². The van der Waals surface area contributed by atoms with Crippen LogP contribution in [0.1, 0.15) is 17.3 Å². The van der Waals surface area contributed by atoms with Crippen molar-refractivity contribution in [1.29, 1.82) is 0 Å². The van der Waals surface area contributed by atoms with Crippen molar-refractivity contribution < 1.29 is 14.8 Å². The third-order valence-corrected chi connectivity index (χ3v) is 4.96. The smallest absolute Gasteiger partial charge is 0.257 e. The molecule has 0 aliphatic carbocycles. The summed E-state index contributed by atoms with van der Waals surface area (Å²) < 4.78 is 0. The van der Waals surface area contributed by atoms with Crippen molar-refractivity contribution in [3.8, 4) is 0 Å². The van der Waals surface area contributed by atoms with Gasteiger partial charge in [-0.05, 0) is 29.8 Å². The quantitative estimate of drug-likeness (QED) is 0.339. The highest BCUT2D eigenvalue weighted by atomic mass is 35.5. The number of rotatable bonds is 7. The number of carbonyl (C=O) groups excluding carboxylic acids is 2.